The van der Waals surface area contributed by atoms with E-state index in [-0.39, 0.29) is 17.9 Å². The lowest BCUT2D eigenvalue weighted by Gasteiger charge is -2.28. The Morgan fingerprint density at radius 1 is 0.914 bits per heavy atom. The molecule has 2 bridgehead atoms. The summed E-state index contributed by atoms with van der Waals surface area (Å²) in [5.74, 6) is 2.44. The van der Waals surface area contributed by atoms with Crippen molar-refractivity contribution >= 4 is 29.3 Å². The van der Waals surface area contributed by atoms with Gasteiger partial charge in [0, 0.05) is 22.2 Å². The normalized spacial score (nSPS) is 21.5. The number of amides is 2. The summed E-state index contributed by atoms with van der Waals surface area (Å²) >= 11 is 1.42. The summed E-state index contributed by atoms with van der Waals surface area (Å²) in [5.41, 5.74) is 3.36. The van der Waals surface area contributed by atoms with Crippen LogP contribution in [-0.4, -0.2) is 23.6 Å². The number of benzene rings is 3. The molecule has 4 atom stereocenters. The van der Waals surface area contributed by atoms with E-state index in [1.165, 1.54) is 37.4 Å². The maximum absolute atomic E-state index is 13.3. The van der Waals surface area contributed by atoms with E-state index in [1.54, 1.807) is 0 Å². The maximum atomic E-state index is 13.3. The van der Waals surface area contributed by atoms with E-state index in [0.717, 1.165) is 33.5 Å². The molecule has 5 heteroatoms. The SMILES string of the molecule is C[C@@H](NC(=O)CSc1ccccc1C(=O)Nc1ccccc1-c1ccccc1)[C@@H]1C[C@H]2CC[C@H]1C2. The van der Waals surface area contributed by atoms with Crippen LogP contribution in [0.5, 0.6) is 0 Å². The van der Waals surface area contributed by atoms with Gasteiger partial charge >= 0.3 is 0 Å². The van der Waals surface area contributed by atoms with Gasteiger partial charge in [0.15, 0.2) is 0 Å². The second kappa shape index (κ2) is 10.7. The Bertz CT molecular complexity index is 1200. The fraction of sp³-hybridized carbons (Fsp3) is 0.333. The number of hydrogen-bond donors (Lipinski definition) is 2. The number of thioether (sulfide) groups is 1. The fourth-order valence-corrected chi connectivity index (χ4v) is 6.74. The van der Waals surface area contributed by atoms with Crippen molar-refractivity contribution in [3.05, 3.63) is 84.4 Å². The number of anilines is 1. The molecule has 180 valence electrons. The first-order valence-corrected chi connectivity index (χ1v) is 13.5. The number of nitrogens with one attached hydrogen (secondary N) is 2. The van der Waals surface area contributed by atoms with Crippen molar-refractivity contribution in [2.24, 2.45) is 17.8 Å². The van der Waals surface area contributed by atoms with Crippen molar-refractivity contribution in [2.45, 2.75) is 43.5 Å². The molecular formula is C30H32N2O2S. The highest BCUT2D eigenvalue weighted by Gasteiger charge is 2.42. The molecule has 0 spiro atoms. The van der Waals surface area contributed by atoms with Gasteiger partial charge in [0.25, 0.3) is 5.91 Å². The highest BCUT2D eigenvalue weighted by atomic mass is 32.2. The summed E-state index contributed by atoms with van der Waals surface area (Å²) in [6.07, 6.45) is 5.29. The standard InChI is InChI=1S/C30H32N2O2S/c1-20(26-18-21-15-16-23(26)17-21)31-29(33)19-35-28-14-8-6-12-25(28)30(34)32-27-13-7-5-11-24(27)22-9-3-2-4-10-22/h2-14,20-21,23,26H,15-19H2,1H3,(H,31,33)(H,32,34)/t20-,21+,23+,26+/m1/s1. The molecule has 2 saturated carbocycles. The Kier molecular flexibility index (Phi) is 7.24. The lowest BCUT2D eigenvalue weighted by Crippen LogP contribution is -2.40. The second-order valence-corrected chi connectivity index (χ2v) is 10.9. The van der Waals surface area contributed by atoms with Crippen molar-refractivity contribution in [2.75, 3.05) is 11.1 Å². The van der Waals surface area contributed by atoms with Crippen LogP contribution in [0.1, 0.15) is 43.0 Å². The molecule has 2 N–H and O–H groups in total. The van der Waals surface area contributed by atoms with Crippen LogP contribution in [0.15, 0.2) is 83.8 Å². The summed E-state index contributed by atoms with van der Waals surface area (Å²) in [5, 5.41) is 6.32. The number of carbonyl (C=O) groups is 2. The summed E-state index contributed by atoms with van der Waals surface area (Å²) in [7, 11) is 0. The van der Waals surface area contributed by atoms with Crippen LogP contribution in [0.4, 0.5) is 5.69 Å². The van der Waals surface area contributed by atoms with Gasteiger partial charge in [-0.25, -0.2) is 0 Å². The van der Waals surface area contributed by atoms with E-state index >= 15 is 0 Å². The zero-order valence-electron chi connectivity index (χ0n) is 20.1. The van der Waals surface area contributed by atoms with Gasteiger partial charge in [-0.15, -0.1) is 11.8 Å². The van der Waals surface area contributed by atoms with Gasteiger partial charge in [-0.1, -0.05) is 67.1 Å². The van der Waals surface area contributed by atoms with Gasteiger partial charge in [-0.3, -0.25) is 9.59 Å². The van der Waals surface area contributed by atoms with Crippen molar-refractivity contribution < 1.29 is 9.59 Å². The third-order valence-corrected chi connectivity index (χ3v) is 8.65. The van der Waals surface area contributed by atoms with Gasteiger partial charge in [0.2, 0.25) is 5.91 Å². The summed E-state index contributed by atoms with van der Waals surface area (Å²) < 4.78 is 0. The Morgan fingerprint density at radius 2 is 1.66 bits per heavy atom. The molecule has 2 aliphatic carbocycles. The number of para-hydroxylation sites is 1. The predicted octanol–water partition coefficient (Wildman–Crippen LogP) is 6.64. The van der Waals surface area contributed by atoms with Crippen LogP contribution in [0.3, 0.4) is 0 Å². The van der Waals surface area contributed by atoms with Crippen LogP contribution in [0, 0.1) is 17.8 Å². The highest BCUT2D eigenvalue weighted by molar-refractivity contribution is 8.00. The Morgan fingerprint density at radius 3 is 2.43 bits per heavy atom. The summed E-state index contributed by atoms with van der Waals surface area (Å²) in [6.45, 7) is 2.15. The molecule has 0 aliphatic heterocycles. The first kappa shape index (κ1) is 23.7. The van der Waals surface area contributed by atoms with Crippen LogP contribution in [0.2, 0.25) is 0 Å². The molecule has 0 aromatic heterocycles. The zero-order chi connectivity index (χ0) is 24.2. The monoisotopic (exact) mass is 484 g/mol. The molecule has 0 unspecified atom stereocenters. The number of carbonyl (C=O) groups excluding carboxylic acids is 2. The van der Waals surface area contributed by atoms with E-state index < -0.39 is 0 Å². The van der Waals surface area contributed by atoms with Crippen LogP contribution >= 0.6 is 11.8 Å². The number of hydrogen-bond acceptors (Lipinski definition) is 3. The van der Waals surface area contributed by atoms with Gasteiger partial charge in [-0.05, 0) is 67.7 Å². The Hall–Kier alpha value is -3.05. The minimum atomic E-state index is -0.174. The molecule has 0 saturated heterocycles. The molecule has 0 heterocycles. The van der Waals surface area contributed by atoms with Crippen LogP contribution < -0.4 is 10.6 Å². The van der Waals surface area contributed by atoms with Crippen LogP contribution in [-0.2, 0) is 4.79 Å². The van der Waals surface area contributed by atoms with Crippen molar-refractivity contribution in [3.63, 3.8) is 0 Å². The molecular weight excluding hydrogens is 452 g/mol. The first-order chi connectivity index (χ1) is 17.1. The quantitative estimate of drug-likeness (QED) is 0.352. The van der Waals surface area contributed by atoms with E-state index in [1.807, 2.05) is 78.9 Å². The van der Waals surface area contributed by atoms with E-state index in [2.05, 4.69) is 17.6 Å². The maximum Gasteiger partial charge on any atom is 0.256 e. The zero-order valence-corrected chi connectivity index (χ0v) is 20.9. The molecule has 0 radical (unpaired) electrons. The molecule has 2 amide bonds. The molecule has 35 heavy (non-hydrogen) atoms. The van der Waals surface area contributed by atoms with Gasteiger partial charge in [0.1, 0.15) is 0 Å². The average molecular weight is 485 g/mol. The first-order valence-electron chi connectivity index (χ1n) is 12.6. The topological polar surface area (TPSA) is 58.2 Å². The smallest absolute Gasteiger partial charge is 0.256 e. The van der Waals surface area contributed by atoms with Crippen molar-refractivity contribution in [1.82, 2.24) is 5.32 Å². The second-order valence-electron chi connectivity index (χ2n) is 9.85. The van der Waals surface area contributed by atoms with E-state index in [9.17, 15) is 9.59 Å². The molecule has 4 nitrogen and oxygen atoms in total. The number of rotatable bonds is 8. The lowest BCUT2D eigenvalue weighted by molar-refractivity contribution is -0.119. The molecule has 3 aromatic rings. The van der Waals surface area contributed by atoms with Gasteiger partial charge < -0.3 is 10.6 Å². The number of fused-ring (bicyclic) bond motifs is 2. The minimum Gasteiger partial charge on any atom is -0.353 e. The van der Waals surface area contributed by atoms with E-state index in [0.29, 0.717) is 17.2 Å². The third-order valence-electron chi connectivity index (χ3n) is 7.57. The summed E-state index contributed by atoms with van der Waals surface area (Å²) in [4.78, 5) is 26.8. The molecule has 2 fully saturated rings. The predicted molar refractivity (Wildman–Crippen MR) is 144 cm³/mol. The van der Waals surface area contributed by atoms with E-state index in [4.69, 9.17) is 0 Å². The summed E-state index contributed by atoms with van der Waals surface area (Å²) in [6, 6.07) is 25.6. The van der Waals surface area contributed by atoms with Crippen LogP contribution in [0.25, 0.3) is 11.1 Å². The van der Waals surface area contributed by atoms with Gasteiger partial charge in [-0.2, -0.15) is 0 Å². The average Bonchev–Trinajstić information content (AvgIpc) is 3.53. The molecule has 5 rings (SSSR count). The van der Waals surface area contributed by atoms with Crippen molar-refractivity contribution in [3.8, 4) is 11.1 Å². The Labute approximate surface area is 211 Å². The minimum absolute atomic E-state index is 0.0370. The van der Waals surface area contributed by atoms with Crippen molar-refractivity contribution in [1.29, 1.82) is 0 Å². The largest absolute Gasteiger partial charge is 0.353 e. The third kappa shape index (κ3) is 5.46. The molecule has 2 aliphatic rings. The van der Waals surface area contributed by atoms with Gasteiger partial charge in [0.05, 0.1) is 11.3 Å². The lowest BCUT2D eigenvalue weighted by atomic mass is 9.84. The highest BCUT2D eigenvalue weighted by Crippen LogP contribution is 2.49. The Balaban J connectivity index is 1.23. The fourth-order valence-electron chi connectivity index (χ4n) is 5.88. The molecule has 3 aromatic carbocycles.